The van der Waals surface area contributed by atoms with Crippen LogP contribution in [0.1, 0.15) is 11.3 Å². The van der Waals surface area contributed by atoms with Gasteiger partial charge < -0.3 is 10.6 Å². The smallest absolute Gasteiger partial charge is 0.315 e. The molecule has 0 fully saturated rings. The summed E-state index contributed by atoms with van der Waals surface area (Å²) in [5.74, 6) is 0.749. The number of thiazole rings is 1. The number of hydrogen-bond donors (Lipinski definition) is 2. The van der Waals surface area contributed by atoms with Crippen molar-refractivity contribution in [1.82, 2.24) is 25.2 Å². The van der Waals surface area contributed by atoms with E-state index < -0.39 is 0 Å². The molecule has 5 aromatic rings. The maximum atomic E-state index is 12.3. The fourth-order valence-electron chi connectivity index (χ4n) is 3.40. The van der Waals surface area contributed by atoms with E-state index in [0.29, 0.717) is 19.5 Å². The molecule has 5 rings (SSSR count). The lowest BCUT2D eigenvalue weighted by molar-refractivity contribution is 0.240. The normalized spacial score (nSPS) is 11.2. The van der Waals surface area contributed by atoms with Gasteiger partial charge in [0.2, 0.25) is 4.96 Å². The number of thiophene rings is 1. The summed E-state index contributed by atoms with van der Waals surface area (Å²) in [4.78, 5) is 18.8. The lowest BCUT2D eigenvalue weighted by Gasteiger charge is -2.09. The van der Waals surface area contributed by atoms with Crippen molar-refractivity contribution in [2.24, 2.45) is 0 Å². The minimum atomic E-state index is -0.174. The zero-order chi connectivity index (χ0) is 20.3. The number of amides is 2. The highest BCUT2D eigenvalue weighted by molar-refractivity contribution is 7.15. The summed E-state index contributed by atoms with van der Waals surface area (Å²) in [6, 6.07) is 18.2. The zero-order valence-electron chi connectivity index (χ0n) is 16.0. The van der Waals surface area contributed by atoms with Crippen molar-refractivity contribution in [3.05, 3.63) is 76.6 Å². The van der Waals surface area contributed by atoms with Gasteiger partial charge in [-0.15, -0.1) is 27.8 Å². The van der Waals surface area contributed by atoms with Gasteiger partial charge in [-0.3, -0.25) is 0 Å². The van der Waals surface area contributed by atoms with Crippen molar-refractivity contribution in [3.63, 3.8) is 0 Å². The van der Waals surface area contributed by atoms with E-state index in [-0.39, 0.29) is 6.03 Å². The van der Waals surface area contributed by atoms with Crippen LogP contribution < -0.4 is 10.6 Å². The van der Waals surface area contributed by atoms with Gasteiger partial charge >= 0.3 is 6.03 Å². The van der Waals surface area contributed by atoms with Crippen LogP contribution in [0.5, 0.6) is 0 Å². The molecule has 6 nitrogen and oxygen atoms in total. The molecule has 2 amide bonds. The highest BCUT2D eigenvalue weighted by atomic mass is 32.1. The minimum absolute atomic E-state index is 0.174. The quantitative estimate of drug-likeness (QED) is 0.407. The molecule has 0 bridgehead atoms. The third-order valence-electron chi connectivity index (χ3n) is 4.88. The molecule has 8 heteroatoms. The second-order valence-electron chi connectivity index (χ2n) is 6.83. The minimum Gasteiger partial charge on any atom is -0.338 e. The van der Waals surface area contributed by atoms with E-state index in [4.69, 9.17) is 0 Å². The van der Waals surface area contributed by atoms with E-state index in [1.165, 1.54) is 5.39 Å². The van der Waals surface area contributed by atoms with Crippen LogP contribution in [0, 0.1) is 0 Å². The molecule has 150 valence electrons. The summed E-state index contributed by atoms with van der Waals surface area (Å²) in [5.41, 5.74) is 2.14. The topological polar surface area (TPSA) is 71.3 Å². The monoisotopic (exact) mass is 433 g/mol. The molecule has 3 heterocycles. The van der Waals surface area contributed by atoms with Crippen molar-refractivity contribution in [2.75, 3.05) is 6.54 Å². The molecule has 3 aromatic heterocycles. The molecule has 30 heavy (non-hydrogen) atoms. The third kappa shape index (κ3) is 3.79. The van der Waals surface area contributed by atoms with Crippen molar-refractivity contribution < 1.29 is 4.79 Å². The Morgan fingerprint density at radius 1 is 1.00 bits per heavy atom. The van der Waals surface area contributed by atoms with Gasteiger partial charge in [0.25, 0.3) is 0 Å². The van der Waals surface area contributed by atoms with E-state index in [2.05, 4.69) is 38.9 Å². The standard InChI is InChI=1S/C22H19N5OS2/c28-21(24-13-16-7-3-6-15-5-1-2-8-18(15)16)23-11-10-17-14-30-22-25-20(26-27(17)22)19-9-4-12-29-19/h1-9,12,14H,10-11,13H2,(H2,23,24,28). The number of urea groups is 1. The maximum absolute atomic E-state index is 12.3. The number of nitrogens with one attached hydrogen (secondary N) is 2. The van der Waals surface area contributed by atoms with E-state index in [0.717, 1.165) is 32.3 Å². The number of fused-ring (bicyclic) bond motifs is 2. The van der Waals surface area contributed by atoms with Crippen LogP contribution in [-0.2, 0) is 13.0 Å². The van der Waals surface area contributed by atoms with Crippen molar-refractivity contribution >= 4 is 44.4 Å². The Morgan fingerprint density at radius 3 is 2.80 bits per heavy atom. The largest absolute Gasteiger partial charge is 0.338 e. The van der Waals surface area contributed by atoms with Crippen LogP contribution in [0.25, 0.3) is 26.4 Å². The molecule has 0 saturated carbocycles. The van der Waals surface area contributed by atoms with Crippen LogP contribution in [0.4, 0.5) is 4.79 Å². The highest BCUT2D eigenvalue weighted by Crippen LogP contribution is 2.24. The lowest BCUT2D eigenvalue weighted by atomic mass is 10.0. The van der Waals surface area contributed by atoms with Crippen LogP contribution >= 0.6 is 22.7 Å². The van der Waals surface area contributed by atoms with Crippen LogP contribution in [-0.4, -0.2) is 27.2 Å². The first-order valence-electron chi connectivity index (χ1n) is 9.63. The summed E-state index contributed by atoms with van der Waals surface area (Å²) >= 11 is 3.19. The number of aromatic nitrogens is 3. The second kappa shape index (κ2) is 8.25. The molecule has 0 radical (unpaired) electrons. The van der Waals surface area contributed by atoms with Crippen LogP contribution in [0.15, 0.2) is 65.4 Å². The lowest BCUT2D eigenvalue weighted by Crippen LogP contribution is -2.36. The highest BCUT2D eigenvalue weighted by Gasteiger charge is 2.12. The fourth-order valence-corrected chi connectivity index (χ4v) is 4.90. The first-order chi connectivity index (χ1) is 14.8. The van der Waals surface area contributed by atoms with E-state index in [9.17, 15) is 4.79 Å². The molecule has 0 aliphatic carbocycles. The summed E-state index contributed by atoms with van der Waals surface area (Å²) in [7, 11) is 0. The Hall–Kier alpha value is -3.23. The summed E-state index contributed by atoms with van der Waals surface area (Å²) in [6.45, 7) is 1.02. The van der Waals surface area contributed by atoms with E-state index >= 15 is 0 Å². The molecule has 0 saturated heterocycles. The summed E-state index contributed by atoms with van der Waals surface area (Å²) < 4.78 is 1.87. The van der Waals surface area contributed by atoms with Gasteiger partial charge in [0, 0.05) is 24.9 Å². The van der Waals surface area contributed by atoms with Crippen LogP contribution in [0.3, 0.4) is 0 Å². The van der Waals surface area contributed by atoms with E-state index in [1.54, 1.807) is 22.7 Å². The summed E-state index contributed by atoms with van der Waals surface area (Å²) in [5, 5.41) is 16.9. The first kappa shape index (κ1) is 18.8. The van der Waals surface area contributed by atoms with Gasteiger partial charge in [-0.25, -0.2) is 9.31 Å². The summed E-state index contributed by atoms with van der Waals surface area (Å²) in [6.07, 6.45) is 0.689. The van der Waals surface area contributed by atoms with Gasteiger partial charge in [-0.05, 0) is 27.8 Å². The Morgan fingerprint density at radius 2 is 1.90 bits per heavy atom. The van der Waals surface area contributed by atoms with Crippen molar-refractivity contribution in [2.45, 2.75) is 13.0 Å². The molecule has 0 spiro atoms. The van der Waals surface area contributed by atoms with Gasteiger partial charge in [0.05, 0.1) is 10.6 Å². The molecule has 0 aliphatic heterocycles. The maximum Gasteiger partial charge on any atom is 0.315 e. The number of carbonyl (C=O) groups excluding carboxylic acids is 1. The van der Waals surface area contributed by atoms with Gasteiger partial charge in [0.1, 0.15) is 0 Å². The predicted molar refractivity (Wildman–Crippen MR) is 122 cm³/mol. The van der Waals surface area contributed by atoms with Gasteiger partial charge in [0.15, 0.2) is 5.82 Å². The van der Waals surface area contributed by atoms with Crippen molar-refractivity contribution in [1.29, 1.82) is 0 Å². The molecule has 0 aliphatic rings. The molecular formula is C22H19N5OS2. The first-order valence-corrected chi connectivity index (χ1v) is 11.4. The number of hydrogen-bond acceptors (Lipinski definition) is 5. The Labute approximate surface area is 181 Å². The Bertz CT molecular complexity index is 1300. The number of nitrogens with zero attached hydrogens (tertiary/aromatic N) is 3. The zero-order valence-corrected chi connectivity index (χ0v) is 17.7. The average molecular weight is 434 g/mol. The molecule has 0 unspecified atom stereocenters. The molecule has 0 atom stereocenters. The van der Waals surface area contributed by atoms with Gasteiger partial charge in [-0.1, -0.05) is 48.5 Å². The van der Waals surface area contributed by atoms with Crippen molar-refractivity contribution in [3.8, 4) is 10.7 Å². The SMILES string of the molecule is O=C(NCCc1csc2nc(-c3cccs3)nn12)NCc1cccc2ccccc12. The predicted octanol–water partition coefficient (Wildman–Crippen LogP) is 4.71. The van der Waals surface area contributed by atoms with Crippen LogP contribution in [0.2, 0.25) is 0 Å². The van der Waals surface area contributed by atoms with E-state index in [1.807, 2.05) is 51.7 Å². The number of rotatable bonds is 6. The fraction of sp³-hybridized carbons (Fsp3) is 0.136. The Balaban J connectivity index is 1.17. The third-order valence-corrected chi connectivity index (χ3v) is 6.61. The second-order valence-corrected chi connectivity index (χ2v) is 8.62. The molecular weight excluding hydrogens is 414 g/mol. The number of carbonyl (C=O) groups is 1. The molecule has 2 aromatic carbocycles. The molecule has 2 N–H and O–H groups in total. The average Bonchev–Trinajstić information content (AvgIpc) is 3.50. The van der Waals surface area contributed by atoms with Gasteiger partial charge in [-0.2, -0.15) is 4.98 Å². The number of benzene rings is 2. The Kier molecular flexibility index (Phi) is 5.17.